The van der Waals surface area contributed by atoms with Crippen LogP contribution in [-0.2, 0) is 4.74 Å². The van der Waals surface area contributed by atoms with Crippen molar-refractivity contribution < 1.29 is 9.53 Å². The summed E-state index contributed by atoms with van der Waals surface area (Å²) in [7, 11) is 0. The molecule has 0 aromatic rings. The first-order valence-electron chi connectivity index (χ1n) is 3.26. The van der Waals surface area contributed by atoms with E-state index in [0.717, 1.165) is 0 Å². The largest absolute Gasteiger partial charge is 0.428 e. The Labute approximate surface area is 79.6 Å². The average molecular weight is 209 g/mol. The van der Waals surface area contributed by atoms with E-state index < -0.39 is 11.7 Å². The van der Waals surface area contributed by atoms with Gasteiger partial charge in [-0.15, -0.1) is 11.6 Å². The molecule has 1 saturated heterocycles. The molecule has 1 aliphatic heterocycles. The summed E-state index contributed by atoms with van der Waals surface area (Å²) in [4.78, 5) is 12.2. The second kappa shape index (κ2) is 3.83. The Kier molecular flexibility index (Phi) is 3.01. The molecule has 4 nitrogen and oxygen atoms in total. The second-order valence-corrected chi connectivity index (χ2v) is 3.04. The lowest BCUT2D eigenvalue weighted by molar-refractivity contribution is 0.124. The van der Waals surface area contributed by atoms with E-state index in [1.165, 1.54) is 4.90 Å². The van der Waals surface area contributed by atoms with Gasteiger partial charge in [0.15, 0.2) is 5.56 Å². The van der Waals surface area contributed by atoms with Crippen LogP contribution < -0.4 is 0 Å². The van der Waals surface area contributed by atoms with Crippen molar-refractivity contribution in [1.29, 1.82) is 5.26 Å². The monoisotopic (exact) mass is 208 g/mol. The molecule has 0 N–H and O–H groups in total. The minimum Gasteiger partial charge on any atom is -0.428 e. The topological polar surface area (TPSA) is 53.1 Å². The Morgan fingerprint density at radius 2 is 2.58 bits per heavy atom. The number of hydrogen-bond acceptors (Lipinski definition) is 3. The van der Waals surface area contributed by atoms with Crippen LogP contribution in [0.4, 0.5) is 4.79 Å². The first kappa shape index (κ1) is 9.43. The average Bonchev–Trinajstić information content (AvgIpc) is 2.82. The van der Waals surface area contributed by atoms with Crippen molar-refractivity contribution in [2.45, 2.75) is 11.6 Å². The quantitative estimate of drug-likeness (QED) is 0.506. The maximum Gasteiger partial charge on any atom is 0.412 e. The van der Waals surface area contributed by atoms with Crippen molar-refractivity contribution in [3.05, 3.63) is 0 Å². The molecule has 0 saturated carbocycles. The Morgan fingerprint density at radius 3 is 3.00 bits per heavy atom. The molecule has 0 aromatic carbocycles. The fourth-order valence-electron chi connectivity index (χ4n) is 0.660. The SMILES string of the molecule is N#CC1CN1C(=O)OC(Cl)CCl. The number of alkyl halides is 2. The van der Waals surface area contributed by atoms with E-state index in [2.05, 4.69) is 4.74 Å². The zero-order valence-corrected chi connectivity index (χ0v) is 7.55. The summed E-state index contributed by atoms with van der Waals surface area (Å²) >= 11 is 10.7. The van der Waals surface area contributed by atoms with Gasteiger partial charge < -0.3 is 4.74 Å². The van der Waals surface area contributed by atoms with Crippen LogP contribution in [0.15, 0.2) is 0 Å². The van der Waals surface area contributed by atoms with E-state index in [9.17, 15) is 4.79 Å². The molecule has 0 bridgehead atoms. The Balaban J connectivity index is 2.27. The van der Waals surface area contributed by atoms with Gasteiger partial charge >= 0.3 is 6.09 Å². The van der Waals surface area contributed by atoms with Crippen LogP contribution in [-0.4, -0.2) is 35.0 Å². The van der Waals surface area contributed by atoms with Crippen LogP contribution in [0.2, 0.25) is 0 Å². The summed E-state index contributed by atoms with van der Waals surface area (Å²) < 4.78 is 4.62. The van der Waals surface area contributed by atoms with Gasteiger partial charge in [-0.25, -0.2) is 4.79 Å². The van der Waals surface area contributed by atoms with Crippen molar-refractivity contribution in [2.24, 2.45) is 0 Å². The first-order valence-corrected chi connectivity index (χ1v) is 4.23. The van der Waals surface area contributed by atoms with E-state index >= 15 is 0 Å². The number of nitriles is 1. The van der Waals surface area contributed by atoms with Crippen molar-refractivity contribution >= 4 is 29.3 Å². The molecule has 12 heavy (non-hydrogen) atoms. The molecule has 2 unspecified atom stereocenters. The van der Waals surface area contributed by atoms with Gasteiger partial charge in [0.2, 0.25) is 0 Å². The van der Waals surface area contributed by atoms with E-state index in [4.69, 9.17) is 28.5 Å². The molecule has 1 aliphatic rings. The first-order chi connectivity index (χ1) is 5.69. The van der Waals surface area contributed by atoms with Gasteiger partial charge in [0.1, 0.15) is 6.04 Å². The molecule has 1 heterocycles. The van der Waals surface area contributed by atoms with Gasteiger partial charge in [0, 0.05) is 0 Å². The highest BCUT2D eigenvalue weighted by Crippen LogP contribution is 2.18. The van der Waals surface area contributed by atoms with E-state index in [-0.39, 0.29) is 11.9 Å². The number of rotatable bonds is 2. The van der Waals surface area contributed by atoms with Crippen LogP contribution in [0, 0.1) is 11.3 Å². The molecular weight excluding hydrogens is 203 g/mol. The number of hydrogen-bond donors (Lipinski definition) is 0. The fourth-order valence-corrected chi connectivity index (χ4v) is 0.799. The Hall–Kier alpha value is -0.660. The molecule has 0 spiro atoms. The molecule has 0 radical (unpaired) electrons. The number of carbonyl (C=O) groups is 1. The smallest absolute Gasteiger partial charge is 0.412 e. The summed E-state index contributed by atoms with van der Waals surface area (Å²) in [6.45, 7) is 0.418. The third-order valence-corrected chi connectivity index (χ3v) is 2.03. The number of nitrogens with zero attached hydrogens (tertiary/aromatic N) is 2. The van der Waals surface area contributed by atoms with E-state index in [0.29, 0.717) is 6.54 Å². The van der Waals surface area contributed by atoms with Crippen LogP contribution >= 0.6 is 23.2 Å². The summed E-state index contributed by atoms with van der Waals surface area (Å²) in [6, 6.07) is 1.56. The van der Waals surface area contributed by atoms with Crippen LogP contribution in [0.3, 0.4) is 0 Å². The van der Waals surface area contributed by atoms with E-state index in [1.54, 1.807) is 0 Å². The molecular formula is C6H6Cl2N2O2. The van der Waals surface area contributed by atoms with Gasteiger partial charge in [0.05, 0.1) is 18.5 Å². The highest BCUT2D eigenvalue weighted by atomic mass is 35.5. The molecule has 1 amide bonds. The van der Waals surface area contributed by atoms with Crippen molar-refractivity contribution in [2.75, 3.05) is 12.4 Å². The zero-order chi connectivity index (χ0) is 9.14. The highest BCUT2D eigenvalue weighted by Gasteiger charge is 2.40. The van der Waals surface area contributed by atoms with Gasteiger partial charge in [-0.2, -0.15) is 5.26 Å². The molecule has 0 aliphatic carbocycles. The highest BCUT2D eigenvalue weighted by molar-refractivity contribution is 6.27. The molecule has 66 valence electrons. The summed E-state index contributed by atoms with van der Waals surface area (Å²) in [6.07, 6.45) is -0.581. The summed E-state index contributed by atoms with van der Waals surface area (Å²) in [5.74, 6) is 0.0400. The van der Waals surface area contributed by atoms with Gasteiger partial charge in [-0.1, -0.05) is 11.6 Å². The number of halogens is 2. The maximum absolute atomic E-state index is 11.0. The lowest BCUT2D eigenvalue weighted by Gasteiger charge is -2.07. The van der Waals surface area contributed by atoms with Gasteiger partial charge in [-0.05, 0) is 0 Å². The number of amides is 1. The standard InChI is InChI=1S/C6H6Cl2N2O2/c7-1-5(8)12-6(11)10-3-4(10)2-9/h4-5H,1,3H2. The second-order valence-electron chi connectivity index (χ2n) is 2.25. The molecule has 1 rings (SSSR count). The molecule has 1 fully saturated rings. The predicted molar refractivity (Wildman–Crippen MR) is 42.9 cm³/mol. The Morgan fingerprint density at radius 1 is 1.92 bits per heavy atom. The normalized spacial score (nSPS) is 22.8. The van der Waals surface area contributed by atoms with E-state index in [1.807, 2.05) is 6.07 Å². The molecule has 0 aromatic heterocycles. The predicted octanol–water partition coefficient (Wildman–Crippen LogP) is 1.13. The number of ether oxygens (including phenoxy) is 1. The van der Waals surface area contributed by atoms with Crippen LogP contribution in [0.5, 0.6) is 0 Å². The lowest BCUT2D eigenvalue weighted by atomic mass is 10.5. The number of carbonyl (C=O) groups excluding carboxylic acids is 1. The fraction of sp³-hybridized carbons (Fsp3) is 0.667. The minimum absolute atomic E-state index is 0.0400. The minimum atomic E-state index is -0.820. The van der Waals surface area contributed by atoms with Crippen molar-refractivity contribution in [3.8, 4) is 6.07 Å². The summed E-state index contributed by atoms with van der Waals surface area (Å²) in [5.41, 5.74) is -0.820. The molecule has 6 heteroatoms. The Bertz CT molecular complexity index is 228. The van der Waals surface area contributed by atoms with Crippen molar-refractivity contribution in [1.82, 2.24) is 4.90 Å². The van der Waals surface area contributed by atoms with Crippen molar-refractivity contribution in [3.63, 3.8) is 0 Å². The van der Waals surface area contributed by atoms with Crippen LogP contribution in [0.25, 0.3) is 0 Å². The van der Waals surface area contributed by atoms with Gasteiger partial charge in [0.25, 0.3) is 0 Å². The van der Waals surface area contributed by atoms with Gasteiger partial charge in [-0.3, -0.25) is 4.90 Å². The third kappa shape index (κ3) is 2.16. The third-order valence-electron chi connectivity index (χ3n) is 1.35. The maximum atomic E-state index is 11.0. The molecule has 2 atom stereocenters. The lowest BCUT2D eigenvalue weighted by Crippen LogP contribution is -2.20. The summed E-state index contributed by atoms with van der Waals surface area (Å²) in [5, 5.41) is 8.36. The van der Waals surface area contributed by atoms with Crippen LogP contribution in [0.1, 0.15) is 0 Å². The zero-order valence-electron chi connectivity index (χ0n) is 6.04.